The predicted octanol–water partition coefficient (Wildman–Crippen LogP) is 4.21. The fourth-order valence-corrected chi connectivity index (χ4v) is 3.63. The maximum atomic E-state index is 12.5. The summed E-state index contributed by atoms with van der Waals surface area (Å²) in [5.74, 6) is 0.0265. The number of imide groups is 1. The van der Waals surface area contributed by atoms with Crippen molar-refractivity contribution in [3.63, 3.8) is 0 Å². The van der Waals surface area contributed by atoms with Gasteiger partial charge in [0.25, 0.3) is 11.1 Å². The predicted molar refractivity (Wildman–Crippen MR) is 119 cm³/mol. The monoisotopic (exact) mass is 442 g/mol. The van der Waals surface area contributed by atoms with E-state index in [1.807, 2.05) is 0 Å². The summed E-state index contributed by atoms with van der Waals surface area (Å²) in [6.45, 7) is 0.267. The molecule has 1 aliphatic heterocycles. The Hall–Kier alpha value is -3.03. The molecule has 1 N–H and O–H groups in total. The minimum absolute atomic E-state index is 0.102. The average Bonchev–Trinajstić information content (AvgIpc) is 3.01. The van der Waals surface area contributed by atoms with Gasteiger partial charge in [-0.25, -0.2) is 0 Å². The van der Waals surface area contributed by atoms with Gasteiger partial charge < -0.3 is 10.1 Å². The molecule has 1 aliphatic rings. The maximum absolute atomic E-state index is 12.5. The van der Waals surface area contributed by atoms with Crippen LogP contribution in [0.4, 0.5) is 4.79 Å². The number of hydrogen-bond donors (Lipinski definition) is 1. The second kappa shape index (κ2) is 10.1. The molecule has 0 spiro atoms. The smallest absolute Gasteiger partial charge is 0.293 e. The van der Waals surface area contributed by atoms with E-state index in [2.05, 4.69) is 5.32 Å². The van der Waals surface area contributed by atoms with Crippen LogP contribution in [0.3, 0.4) is 0 Å². The van der Waals surface area contributed by atoms with Gasteiger partial charge in [-0.1, -0.05) is 35.9 Å². The minimum atomic E-state index is -0.369. The van der Waals surface area contributed by atoms with Crippen molar-refractivity contribution in [1.29, 1.82) is 0 Å². The van der Waals surface area contributed by atoms with Crippen LogP contribution in [-0.2, 0) is 9.59 Å². The quantitative estimate of drug-likeness (QED) is 0.650. The van der Waals surface area contributed by atoms with E-state index in [1.165, 1.54) is 6.08 Å². The van der Waals surface area contributed by atoms with E-state index in [1.54, 1.807) is 67.8 Å². The Morgan fingerprint density at radius 3 is 2.43 bits per heavy atom. The highest BCUT2D eigenvalue weighted by Gasteiger charge is 2.34. The van der Waals surface area contributed by atoms with E-state index in [0.29, 0.717) is 15.7 Å². The molecule has 1 saturated heterocycles. The summed E-state index contributed by atoms with van der Waals surface area (Å²) >= 11 is 6.71. The van der Waals surface area contributed by atoms with Crippen LogP contribution in [-0.4, -0.2) is 42.2 Å². The van der Waals surface area contributed by atoms with E-state index in [-0.39, 0.29) is 30.1 Å². The fourth-order valence-electron chi connectivity index (χ4n) is 2.64. The average molecular weight is 443 g/mol. The molecule has 6 nitrogen and oxygen atoms in total. The van der Waals surface area contributed by atoms with Crippen molar-refractivity contribution in [3.8, 4) is 5.75 Å². The molecular formula is C22H19ClN2O4S. The van der Waals surface area contributed by atoms with Crippen LogP contribution in [0.1, 0.15) is 11.1 Å². The maximum Gasteiger partial charge on any atom is 0.293 e. The first-order chi connectivity index (χ1) is 14.5. The zero-order valence-electron chi connectivity index (χ0n) is 16.1. The molecule has 2 aromatic rings. The number of rotatable bonds is 7. The van der Waals surface area contributed by atoms with E-state index >= 15 is 0 Å². The Labute approximate surface area is 183 Å². The van der Waals surface area contributed by atoms with Crippen LogP contribution >= 0.6 is 23.4 Å². The normalized spacial score (nSPS) is 15.3. The summed E-state index contributed by atoms with van der Waals surface area (Å²) in [5, 5.41) is 2.93. The lowest BCUT2D eigenvalue weighted by molar-refractivity contribution is -0.123. The van der Waals surface area contributed by atoms with E-state index in [0.717, 1.165) is 27.8 Å². The van der Waals surface area contributed by atoms with Gasteiger partial charge in [-0.3, -0.25) is 19.3 Å². The number of nitrogens with one attached hydrogen (secondary N) is 1. The molecule has 2 aromatic carbocycles. The number of hydrogen-bond acceptors (Lipinski definition) is 5. The largest absolute Gasteiger partial charge is 0.497 e. The molecule has 0 unspecified atom stereocenters. The summed E-state index contributed by atoms with van der Waals surface area (Å²) in [7, 11) is 1.58. The third-order valence-corrected chi connectivity index (χ3v) is 5.38. The van der Waals surface area contributed by atoms with Gasteiger partial charge in [0.15, 0.2) is 0 Å². The van der Waals surface area contributed by atoms with Crippen molar-refractivity contribution < 1.29 is 19.1 Å². The zero-order chi connectivity index (χ0) is 21.5. The summed E-state index contributed by atoms with van der Waals surface area (Å²) in [4.78, 5) is 38.1. The van der Waals surface area contributed by atoms with E-state index < -0.39 is 0 Å². The van der Waals surface area contributed by atoms with Gasteiger partial charge in [-0.05, 0) is 59.3 Å². The molecule has 154 valence electrons. The topological polar surface area (TPSA) is 75.7 Å². The number of amides is 3. The van der Waals surface area contributed by atoms with Crippen molar-refractivity contribution in [1.82, 2.24) is 10.2 Å². The van der Waals surface area contributed by atoms with Gasteiger partial charge in [0.1, 0.15) is 5.75 Å². The number of methoxy groups -OCH3 is 1. The number of benzene rings is 2. The molecule has 1 heterocycles. The number of halogens is 1. The first kappa shape index (κ1) is 21.7. The van der Waals surface area contributed by atoms with Gasteiger partial charge in [0.05, 0.1) is 12.0 Å². The zero-order valence-corrected chi connectivity index (χ0v) is 17.7. The van der Waals surface area contributed by atoms with Gasteiger partial charge in [-0.15, -0.1) is 0 Å². The molecule has 1 fully saturated rings. The number of nitrogens with zero attached hydrogens (tertiary/aromatic N) is 1. The fraction of sp³-hybridized carbons (Fsp3) is 0.136. The Morgan fingerprint density at radius 1 is 1.10 bits per heavy atom. The van der Waals surface area contributed by atoms with Crippen LogP contribution in [0.25, 0.3) is 12.2 Å². The van der Waals surface area contributed by atoms with Gasteiger partial charge >= 0.3 is 0 Å². The summed E-state index contributed by atoms with van der Waals surface area (Å²) < 4.78 is 5.11. The molecule has 0 aromatic heterocycles. The lowest BCUT2D eigenvalue weighted by atomic mass is 10.2. The summed E-state index contributed by atoms with van der Waals surface area (Å²) in [6.07, 6.45) is 4.71. The van der Waals surface area contributed by atoms with Gasteiger partial charge in [0, 0.05) is 24.2 Å². The van der Waals surface area contributed by atoms with Crippen molar-refractivity contribution in [2.45, 2.75) is 0 Å². The molecule has 3 amide bonds. The molecule has 0 atom stereocenters. The van der Waals surface area contributed by atoms with Gasteiger partial charge in [0.2, 0.25) is 5.91 Å². The van der Waals surface area contributed by atoms with Crippen molar-refractivity contribution in [2.24, 2.45) is 0 Å². The molecule has 30 heavy (non-hydrogen) atoms. The SMILES string of the molecule is COc1ccc(/C=C2/SC(=O)N(CCNC(=O)/C=C/c3ccc(Cl)cc3)C2=O)cc1. The lowest BCUT2D eigenvalue weighted by Crippen LogP contribution is -2.36. The third-order valence-electron chi connectivity index (χ3n) is 4.22. The molecule has 3 rings (SSSR count). The number of thioether (sulfide) groups is 1. The summed E-state index contributed by atoms with van der Waals surface area (Å²) in [6, 6.07) is 14.2. The van der Waals surface area contributed by atoms with Crippen molar-refractivity contribution in [2.75, 3.05) is 20.2 Å². The number of ether oxygens (including phenoxy) is 1. The molecule has 0 aliphatic carbocycles. The first-order valence-electron chi connectivity index (χ1n) is 9.07. The Bertz CT molecular complexity index is 1000. The highest BCUT2D eigenvalue weighted by Crippen LogP contribution is 2.32. The van der Waals surface area contributed by atoms with Crippen LogP contribution in [0.5, 0.6) is 5.75 Å². The summed E-state index contributed by atoms with van der Waals surface area (Å²) in [5.41, 5.74) is 1.63. The van der Waals surface area contributed by atoms with Crippen molar-refractivity contribution >= 4 is 52.6 Å². The Kier molecular flexibility index (Phi) is 7.32. The highest BCUT2D eigenvalue weighted by atomic mass is 35.5. The van der Waals surface area contributed by atoms with Crippen LogP contribution in [0, 0.1) is 0 Å². The second-order valence-corrected chi connectivity index (χ2v) is 7.71. The lowest BCUT2D eigenvalue weighted by Gasteiger charge is -2.12. The standard InChI is InChI=1S/C22H19ClN2O4S/c1-29-18-9-4-16(5-10-18)14-19-21(27)25(22(28)30-19)13-12-24-20(26)11-6-15-2-7-17(23)8-3-15/h2-11,14H,12-13H2,1H3,(H,24,26)/b11-6+,19-14+. The minimum Gasteiger partial charge on any atom is -0.497 e. The Morgan fingerprint density at radius 2 is 1.77 bits per heavy atom. The van der Waals surface area contributed by atoms with Gasteiger partial charge in [-0.2, -0.15) is 0 Å². The molecule has 8 heteroatoms. The van der Waals surface area contributed by atoms with E-state index in [9.17, 15) is 14.4 Å². The second-order valence-electron chi connectivity index (χ2n) is 6.28. The number of carbonyl (C=O) groups excluding carboxylic acids is 3. The molecular weight excluding hydrogens is 424 g/mol. The first-order valence-corrected chi connectivity index (χ1v) is 10.3. The van der Waals surface area contributed by atoms with Crippen LogP contribution in [0.15, 0.2) is 59.5 Å². The third kappa shape index (κ3) is 5.75. The van der Waals surface area contributed by atoms with Crippen LogP contribution in [0.2, 0.25) is 5.02 Å². The van der Waals surface area contributed by atoms with E-state index in [4.69, 9.17) is 16.3 Å². The molecule has 0 bridgehead atoms. The Balaban J connectivity index is 1.52. The molecule has 0 saturated carbocycles. The highest BCUT2D eigenvalue weighted by molar-refractivity contribution is 8.18. The van der Waals surface area contributed by atoms with Crippen LogP contribution < -0.4 is 10.1 Å². The number of carbonyl (C=O) groups is 3. The molecule has 0 radical (unpaired) electrons. The van der Waals surface area contributed by atoms with Crippen molar-refractivity contribution in [3.05, 3.63) is 75.7 Å².